The first kappa shape index (κ1) is 16.5. The van der Waals surface area contributed by atoms with Gasteiger partial charge in [-0.3, -0.25) is 19.8 Å². The average molecular weight is 348 g/mol. The second kappa shape index (κ2) is 6.75. The van der Waals surface area contributed by atoms with Gasteiger partial charge in [-0.05, 0) is 35.3 Å². The van der Waals surface area contributed by atoms with Crippen LogP contribution >= 0.6 is 0 Å². The third kappa shape index (κ3) is 2.90. The van der Waals surface area contributed by atoms with Gasteiger partial charge in [-0.2, -0.15) is 0 Å². The Kier molecular flexibility index (Phi) is 4.29. The molecular weight excluding hydrogens is 328 g/mol. The van der Waals surface area contributed by atoms with Crippen LogP contribution in [0.4, 0.5) is 4.79 Å². The van der Waals surface area contributed by atoms with Gasteiger partial charge in [0.15, 0.2) is 0 Å². The van der Waals surface area contributed by atoms with Crippen LogP contribution in [-0.4, -0.2) is 28.8 Å². The number of hydrogen-bond acceptors (Lipinski definition) is 3. The summed E-state index contributed by atoms with van der Waals surface area (Å²) in [5.74, 6) is -1.11. The van der Waals surface area contributed by atoms with Crippen LogP contribution < -0.4 is 5.32 Å². The molecule has 1 N–H and O–H groups in total. The number of nitrogens with zero attached hydrogens (tertiary/aromatic N) is 1. The topological polar surface area (TPSA) is 66.5 Å². The number of imide groups is 2. The largest absolute Gasteiger partial charge is 0.331 e. The van der Waals surface area contributed by atoms with Crippen molar-refractivity contribution in [2.24, 2.45) is 0 Å². The molecule has 4 amide bonds. The molecule has 2 fully saturated rings. The average Bonchev–Trinajstić information content (AvgIpc) is 2.66. The van der Waals surface area contributed by atoms with Gasteiger partial charge in [0.25, 0.3) is 11.8 Å². The molecule has 0 bridgehead atoms. The Labute approximate surface area is 151 Å². The summed E-state index contributed by atoms with van der Waals surface area (Å²) in [4.78, 5) is 38.8. The maximum absolute atomic E-state index is 13.0. The number of nitrogens with one attached hydrogen (secondary N) is 1. The van der Waals surface area contributed by atoms with E-state index in [1.54, 1.807) is 6.08 Å². The zero-order valence-electron chi connectivity index (χ0n) is 14.4. The van der Waals surface area contributed by atoms with Crippen LogP contribution in [0.15, 0.2) is 48.0 Å². The first-order valence-corrected chi connectivity index (χ1v) is 9.03. The quantitative estimate of drug-likeness (QED) is 0.666. The van der Waals surface area contributed by atoms with Crippen LogP contribution in [0.1, 0.15) is 37.7 Å². The molecule has 1 heterocycles. The minimum atomic E-state index is -0.625. The fraction of sp³-hybridized carbons (Fsp3) is 0.286. The number of barbiturate groups is 1. The van der Waals surface area contributed by atoms with Crippen LogP contribution in [0.5, 0.6) is 0 Å². The summed E-state index contributed by atoms with van der Waals surface area (Å²) in [5.41, 5.74) is 0.811. The molecule has 5 nitrogen and oxygen atoms in total. The van der Waals surface area contributed by atoms with E-state index in [0.29, 0.717) is 0 Å². The molecular formula is C21H20N2O3. The molecule has 2 aromatic carbocycles. The molecule has 0 radical (unpaired) electrons. The van der Waals surface area contributed by atoms with E-state index >= 15 is 0 Å². The van der Waals surface area contributed by atoms with Gasteiger partial charge in [-0.1, -0.05) is 61.7 Å². The van der Waals surface area contributed by atoms with Crippen molar-refractivity contribution in [1.82, 2.24) is 10.2 Å². The molecule has 26 heavy (non-hydrogen) atoms. The second-order valence-electron chi connectivity index (χ2n) is 6.85. The molecule has 0 aromatic heterocycles. The summed E-state index contributed by atoms with van der Waals surface area (Å²) in [6.07, 6.45) is 6.32. The molecule has 1 saturated heterocycles. The highest BCUT2D eigenvalue weighted by atomic mass is 16.2. The van der Waals surface area contributed by atoms with Crippen molar-refractivity contribution < 1.29 is 14.4 Å². The molecule has 4 rings (SSSR count). The summed E-state index contributed by atoms with van der Waals surface area (Å²) in [5, 5.41) is 4.33. The third-order valence-electron chi connectivity index (χ3n) is 5.20. The predicted molar refractivity (Wildman–Crippen MR) is 99.2 cm³/mol. The minimum absolute atomic E-state index is 0.0199. The van der Waals surface area contributed by atoms with Gasteiger partial charge < -0.3 is 0 Å². The van der Waals surface area contributed by atoms with Crippen LogP contribution in [0.25, 0.3) is 16.8 Å². The number of hydrogen-bond donors (Lipinski definition) is 1. The summed E-state index contributed by atoms with van der Waals surface area (Å²) < 4.78 is 0. The van der Waals surface area contributed by atoms with Crippen molar-refractivity contribution in [3.8, 4) is 0 Å². The second-order valence-corrected chi connectivity index (χ2v) is 6.85. The van der Waals surface area contributed by atoms with Crippen molar-refractivity contribution in [2.75, 3.05) is 0 Å². The van der Waals surface area contributed by atoms with E-state index in [1.807, 2.05) is 42.5 Å². The molecule has 2 aromatic rings. The fourth-order valence-corrected chi connectivity index (χ4v) is 3.87. The fourth-order valence-electron chi connectivity index (χ4n) is 3.87. The zero-order valence-corrected chi connectivity index (χ0v) is 14.4. The SMILES string of the molecule is O=C1NC(=O)N(C2CCCCC2)C(=O)/C1=C/c1cccc2ccccc12. The Morgan fingerprint density at radius 2 is 1.65 bits per heavy atom. The maximum atomic E-state index is 13.0. The number of urea groups is 1. The van der Waals surface area contributed by atoms with Gasteiger partial charge in [-0.25, -0.2) is 4.79 Å². The lowest BCUT2D eigenvalue weighted by Crippen LogP contribution is -2.58. The Balaban J connectivity index is 1.74. The van der Waals surface area contributed by atoms with Gasteiger partial charge in [0.1, 0.15) is 5.57 Å². The van der Waals surface area contributed by atoms with Crippen molar-refractivity contribution in [3.63, 3.8) is 0 Å². The van der Waals surface area contributed by atoms with E-state index in [-0.39, 0.29) is 11.6 Å². The van der Waals surface area contributed by atoms with E-state index < -0.39 is 17.8 Å². The molecule has 1 saturated carbocycles. The Bertz CT molecular complexity index is 921. The first-order valence-electron chi connectivity index (χ1n) is 9.03. The number of amides is 4. The summed E-state index contributed by atoms with van der Waals surface area (Å²) in [6.45, 7) is 0. The zero-order chi connectivity index (χ0) is 18.1. The number of rotatable bonds is 2. The molecule has 132 valence electrons. The molecule has 0 spiro atoms. The maximum Gasteiger partial charge on any atom is 0.331 e. The summed E-state index contributed by atoms with van der Waals surface area (Å²) >= 11 is 0. The van der Waals surface area contributed by atoms with E-state index in [9.17, 15) is 14.4 Å². The van der Waals surface area contributed by atoms with Gasteiger partial charge >= 0.3 is 6.03 Å². The summed E-state index contributed by atoms with van der Waals surface area (Å²) in [6, 6.07) is 12.8. The Morgan fingerprint density at radius 3 is 2.46 bits per heavy atom. The lowest BCUT2D eigenvalue weighted by atomic mass is 9.93. The lowest BCUT2D eigenvalue weighted by molar-refractivity contribution is -0.132. The van der Waals surface area contributed by atoms with Crippen LogP contribution in [0, 0.1) is 0 Å². The van der Waals surface area contributed by atoms with Gasteiger partial charge in [0.05, 0.1) is 0 Å². The van der Waals surface area contributed by atoms with Crippen molar-refractivity contribution in [2.45, 2.75) is 38.1 Å². The number of carbonyl (C=O) groups is 3. The number of carbonyl (C=O) groups excluding carboxylic acids is 3. The van der Waals surface area contributed by atoms with E-state index in [1.165, 1.54) is 4.90 Å². The van der Waals surface area contributed by atoms with Gasteiger partial charge in [0.2, 0.25) is 0 Å². The summed E-state index contributed by atoms with van der Waals surface area (Å²) in [7, 11) is 0. The lowest BCUT2D eigenvalue weighted by Gasteiger charge is -2.35. The highest BCUT2D eigenvalue weighted by molar-refractivity contribution is 6.31. The molecule has 1 aliphatic heterocycles. The monoisotopic (exact) mass is 348 g/mol. The smallest absolute Gasteiger partial charge is 0.273 e. The first-order chi connectivity index (χ1) is 12.6. The van der Waals surface area contributed by atoms with Crippen LogP contribution in [-0.2, 0) is 9.59 Å². The van der Waals surface area contributed by atoms with Crippen LogP contribution in [0.2, 0.25) is 0 Å². The molecule has 5 heteroatoms. The predicted octanol–water partition coefficient (Wildman–Crippen LogP) is 3.63. The molecule has 1 aliphatic carbocycles. The number of fused-ring (bicyclic) bond motifs is 1. The van der Waals surface area contributed by atoms with Gasteiger partial charge in [-0.15, -0.1) is 0 Å². The highest BCUT2D eigenvalue weighted by Crippen LogP contribution is 2.27. The van der Waals surface area contributed by atoms with E-state index in [2.05, 4.69) is 5.32 Å². The normalized spacial score (nSPS) is 20.7. The van der Waals surface area contributed by atoms with E-state index in [4.69, 9.17) is 0 Å². The minimum Gasteiger partial charge on any atom is -0.273 e. The Hall–Kier alpha value is -2.95. The molecule has 2 aliphatic rings. The molecule has 0 unspecified atom stereocenters. The standard InChI is InChI=1S/C21H20N2O3/c24-19-18(13-15-9-6-8-14-7-4-5-12-17(14)15)20(25)23(21(26)22-19)16-10-2-1-3-11-16/h4-9,12-13,16H,1-3,10-11H2,(H,22,24,26)/b18-13+. The van der Waals surface area contributed by atoms with Crippen molar-refractivity contribution >= 4 is 34.7 Å². The van der Waals surface area contributed by atoms with Gasteiger partial charge in [0, 0.05) is 6.04 Å². The van der Waals surface area contributed by atoms with E-state index in [0.717, 1.165) is 48.4 Å². The third-order valence-corrected chi connectivity index (χ3v) is 5.20. The Morgan fingerprint density at radius 1 is 0.923 bits per heavy atom. The molecule has 0 atom stereocenters. The highest BCUT2D eigenvalue weighted by Gasteiger charge is 2.40. The van der Waals surface area contributed by atoms with Crippen molar-refractivity contribution in [3.05, 3.63) is 53.6 Å². The van der Waals surface area contributed by atoms with Crippen molar-refractivity contribution in [1.29, 1.82) is 0 Å². The number of benzene rings is 2. The van der Waals surface area contributed by atoms with Crippen LogP contribution in [0.3, 0.4) is 0 Å².